The summed E-state index contributed by atoms with van der Waals surface area (Å²) in [5, 5.41) is 3.76. The standard InChI is InChI=1S/C17H17N3OS/c1-2-13-6-5-7-14(10-13)19-16(21)12-22-17-18-11-15-8-3-4-9-20(15)17/h3-11H,2,12H2,1H3,(H,19,21). The molecule has 0 fully saturated rings. The Morgan fingerprint density at radius 2 is 2.18 bits per heavy atom. The topological polar surface area (TPSA) is 46.4 Å². The van der Waals surface area contributed by atoms with Gasteiger partial charge in [-0.3, -0.25) is 9.20 Å². The zero-order valence-corrected chi connectivity index (χ0v) is 13.1. The summed E-state index contributed by atoms with van der Waals surface area (Å²) in [6.45, 7) is 2.10. The van der Waals surface area contributed by atoms with E-state index in [1.165, 1.54) is 17.3 Å². The van der Waals surface area contributed by atoms with Gasteiger partial charge in [-0.15, -0.1) is 0 Å². The number of anilines is 1. The molecule has 0 atom stereocenters. The lowest BCUT2D eigenvalue weighted by atomic mass is 10.1. The highest BCUT2D eigenvalue weighted by molar-refractivity contribution is 7.99. The van der Waals surface area contributed by atoms with Gasteiger partial charge in [0.25, 0.3) is 0 Å². The van der Waals surface area contributed by atoms with E-state index in [9.17, 15) is 4.79 Å². The Morgan fingerprint density at radius 1 is 1.27 bits per heavy atom. The van der Waals surface area contributed by atoms with Crippen molar-refractivity contribution in [3.05, 3.63) is 60.4 Å². The van der Waals surface area contributed by atoms with Crippen molar-refractivity contribution < 1.29 is 4.79 Å². The van der Waals surface area contributed by atoms with Crippen LogP contribution in [0.3, 0.4) is 0 Å². The summed E-state index contributed by atoms with van der Waals surface area (Å²) in [5.41, 5.74) is 3.09. The molecule has 2 heterocycles. The Labute approximate surface area is 133 Å². The summed E-state index contributed by atoms with van der Waals surface area (Å²) in [5.74, 6) is 0.315. The number of rotatable bonds is 5. The SMILES string of the molecule is CCc1cccc(NC(=O)CSc2ncc3ccccn23)c1. The Hall–Kier alpha value is -2.27. The molecule has 1 amide bonds. The van der Waals surface area contributed by atoms with Gasteiger partial charge in [0.15, 0.2) is 5.16 Å². The number of amides is 1. The van der Waals surface area contributed by atoms with E-state index in [0.29, 0.717) is 5.75 Å². The van der Waals surface area contributed by atoms with Gasteiger partial charge in [0.1, 0.15) is 0 Å². The maximum Gasteiger partial charge on any atom is 0.234 e. The molecule has 1 aromatic carbocycles. The lowest BCUT2D eigenvalue weighted by Crippen LogP contribution is -2.14. The van der Waals surface area contributed by atoms with E-state index in [0.717, 1.165) is 22.8 Å². The van der Waals surface area contributed by atoms with E-state index in [2.05, 4.69) is 23.3 Å². The number of nitrogens with one attached hydrogen (secondary N) is 1. The number of hydrogen-bond donors (Lipinski definition) is 1. The predicted octanol–water partition coefficient (Wildman–Crippen LogP) is 3.63. The molecule has 22 heavy (non-hydrogen) atoms. The quantitative estimate of drug-likeness (QED) is 0.732. The fraction of sp³-hybridized carbons (Fsp3) is 0.176. The number of aromatic nitrogens is 2. The summed E-state index contributed by atoms with van der Waals surface area (Å²) in [6, 6.07) is 13.9. The Balaban J connectivity index is 1.62. The van der Waals surface area contributed by atoms with Gasteiger partial charge < -0.3 is 5.32 Å². The number of fused-ring (bicyclic) bond motifs is 1. The number of imidazole rings is 1. The zero-order chi connectivity index (χ0) is 15.4. The molecule has 2 aromatic heterocycles. The van der Waals surface area contributed by atoms with Crippen LogP contribution in [0.4, 0.5) is 5.69 Å². The van der Waals surface area contributed by atoms with Gasteiger partial charge in [-0.25, -0.2) is 4.98 Å². The Bertz CT molecular complexity index is 797. The minimum absolute atomic E-state index is 0.0223. The van der Waals surface area contributed by atoms with Crippen LogP contribution < -0.4 is 5.32 Å². The molecule has 0 aliphatic heterocycles. The van der Waals surface area contributed by atoms with Crippen molar-refractivity contribution in [2.45, 2.75) is 18.5 Å². The van der Waals surface area contributed by atoms with Crippen LogP contribution in [-0.4, -0.2) is 21.0 Å². The third-order valence-corrected chi connectivity index (χ3v) is 4.32. The summed E-state index contributed by atoms with van der Waals surface area (Å²) in [7, 11) is 0. The lowest BCUT2D eigenvalue weighted by molar-refractivity contribution is -0.113. The molecule has 0 saturated heterocycles. The Kier molecular flexibility index (Phi) is 4.44. The second-order valence-electron chi connectivity index (χ2n) is 4.93. The molecular formula is C17H17N3OS. The molecule has 1 N–H and O–H groups in total. The summed E-state index contributed by atoms with van der Waals surface area (Å²) >= 11 is 1.43. The number of hydrogen-bond acceptors (Lipinski definition) is 3. The number of thioether (sulfide) groups is 1. The van der Waals surface area contributed by atoms with Gasteiger partial charge in [-0.2, -0.15) is 0 Å². The maximum absolute atomic E-state index is 12.1. The molecule has 0 aliphatic rings. The van der Waals surface area contributed by atoms with Crippen LogP contribution in [0.5, 0.6) is 0 Å². The second kappa shape index (κ2) is 6.66. The van der Waals surface area contributed by atoms with Gasteiger partial charge in [-0.1, -0.05) is 36.9 Å². The highest BCUT2D eigenvalue weighted by Crippen LogP contribution is 2.19. The van der Waals surface area contributed by atoms with Gasteiger partial charge in [0.05, 0.1) is 17.5 Å². The first kappa shape index (κ1) is 14.7. The Morgan fingerprint density at radius 3 is 3.05 bits per heavy atom. The van der Waals surface area contributed by atoms with Gasteiger partial charge in [0, 0.05) is 11.9 Å². The molecule has 0 saturated carbocycles. The van der Waals surface area contributed by atoms with Crippen LogP contribution in [0.2, 0.25) is 0 Å². The first-order valence-electron chi connectivity index (χ1n) is 7.20. The van der Waals surface area contributed by atoms with Gasteiger partial charge in [0.2, 0.25) is 5.91 Å². The van der Waals surface area contributed by atoms with Gasteiger partial charge in [-0.05, 0) is 36.2 Å². The number of benzene rings is 1. The van der Waals surface area contributed by atoms with E-state index in [1.54, 1.807) is 0 Å². The lowest BCUT2D eigenvalue weighted by Gasteiger charge is -2.06. The normalized spacial score (nSPS) is 10.8. The van der Waals surface area contributed by atoms with E-state index in [-0.39, 0.29) is 5.91 Å². The average molecular weight is 311 g/mol. The van der Waals surface area contributed by atoms with Crippen molar-refractivity contribution in [1.29, 1.82) is 0 Å². The summed E-state index contributed by atoms with van der Waals surface area (Å²) < 4.78 is 1.98. The molecular weight excluding hydrogens is 294 g/mol. The highest BCUT2D eigenvalue weighted by Gasteiger charge is 2.08. The second-order valence-corrected chi connectivity index (χ2v) is 5.87. The predicted molar refractivity (Wildman–Crippen MR) is 90.4 cm³/mol. The molecule has 0 unspecified atom stereocenters. The monoisotopic (exact) mass is 311 g/mol. The van der Waals surface area contributed by atoms with Crippen molar-refractivity contribution in [2.24, 2.45) is 0 Å². The molecule has 3 rings (SSSR count). The third-order valence-electron chi connectivity index (χ3n) is 3.36. The average Bonchev–Trinajstić information content (AvgIpc) is 2.96. The van der Waals surface area contributed by atoms with Crippen molar-refractivity contribution in [2.75, 3.05) is 11.1 Å². The molecule has 112 valence electrons. The molecule has 0 aliphatic carbocycles. The fourth-order valence-electron chi connectivity index (χ4n) is 2.22. The van der Waals surface area contributed by atoms with E-state index in [1.807, 2.05) is 53.2 Å². The molecule has 4 nitrogen and oxygen atoms in total. The number of nitrogens with zero attached hydrogens (tertiary/aromatic N) is 2. The van der Waals surface area contributed by atoms with Crippen LogP contribution in [0.25, 0.3) is 5.52 Å². The van der Waals surface area contributed by atoms with Crippen LogP contribution in [0.1, 0.15) is 12.5 Å². The van der Waals surface area contributed by atoms with Crippen molar-refractivity contribution >= 4 is 28.9 Å². The zero-order valence-electron chi connectivity index (χ0n) is 12.3. The summed E-state index contributed by atoms with van der Waals surface area (Å²) in [6.07, 6.45) is 4.72. The number of carbonyl (C=O) groups excluding carboxylic acids is 1. The van der Waals surface area contributed by atoms with E-state index < -0.39 is 0 Å². The van der Waals surface area contributed by atoms with E-state index >= 15 is 0 Å². The van der Waals surface area contributed by atoms with Gasteiger partial charge >= 0.3 is 0 Å². The molecule has 0 spiro atoms. The molecule has 0 radical (unpaired) electrons. The first-order valence-corrected chi connectivity index (χ1v) is 8.18. The van der Waals surface area contributed by atoms with Crippen LogP contribution in [0.15, 0.2) is 60.0 Å². The third kappa shape index (κ3) is 3.31. The van der Waals surface area contributed by atoms with Crippen LogP contribution >= 0.6 is 11.8 Å². The smallest absolute Gasteiger partial charge is 0.234 e. The summed E-state index contributed by atoms with van der Waals surface area (Å²) in [4.78, 5) is 16.4. The van der Waals surface area contributed by atoms with Crippen molar-refractivity contribution in [1.82, 2.24) is 9.38 Å². The van der Waals surface area contributed by atoms with Crippen LogP contribution in [-0.2, 0) is 11.2 Å². The number of aryl methyl sites for hydroxylation is 1. The van der Waals surface area contributed by atoms with E-state index in [4.69, 9.17) is 0 Å². The number of carbonyl (C=O) groups is 1. The molecule has 0 bridgehead atoms. The molecule has 3 aromatic rings. The first-order chi connectivity index (χ1) is 10.8. The largest absolute Gasteiger partial charge is 0.325 e. The number of pyridine rings is 1. The molecule has 5 heteroatoms. The minimum atomic E-state index is -0.0223. The minimum Gasteiger partial charge on any atom is -0.325 e. The van der Waals surface area contributed by atoms with Crippen molar-refractivity contribution in [3.63, 3.8) is 0 Å². The van der Waals surface area contributed by atoms with Crippen LogP contribution in [0, 0.1) is 0 Å². The van der Waals surface area contributed by atoms with Crippen molar-refractivity contribution in [3.8, 4) is 0 Å². The maximum atomic E-state index is 12.1. The fourth-order valence-corrected chi connectivity index (χ4v) is 2.99. The highest BCUT2D eigenvalue weighted by atomic mass is 32.2.